The number of ether oxygens (including phenoxy) is 1. The molecule has 2 aromatic heterocycles. The summed E-state index contributed by atoms with van der Waals surface area (Å²) in [5, 5.41) is 0. The van der Waals surface area contributed by atoms with Gasteiger partial charge < -0.3 is 4.74 Å². The summed E-state index contributed by atoms with van der Waals surface area (Å²) in [6.45, 7) is 0. The lowest BCUT2D eigenvalue weighted by Crippen LogP contribution is -2.02. The van der Waals surface area contributed by atoms with Crippen LogP contribution in [0.3, 0.4) is 0 Å². The SMILES string of the molecule is c1cnc2c(c1)[C@H]1O[C@@H]1c1cccnc1-2. The van der Waals surface area contributed by atoms with Crippen LogP contribution >= 0.6 is 0 Å². The predicted molar refractivity (Wildman–Crippen MR) is 54.0 cm³/mol. The van der Waals surface area contributed by atoms with Gasteiger partial charge in [-0.3, -0.25) is 9.97 Å². The van der Waals surface area contributed by atoms with E-state index < -0.39 is 0 Å². The van der Waals surface area contributed by atoms with Crippen molar-refractivity contribution < 1.29 is 4.74 Å². The molecular formula is C12H8N2O. The van der Waals surface area contributed by atoms with Crippen molar-refractivity contribution in [3.05, 3.63) is 47.8 Å². The van der Waals surface area contributed by atoms with Gasteiger partial charge in [0.2, 0.25) is 0 Å². The summed E-state index contributed by atoms with van der Waals surface area (Å²) in [5.41, 5.74) is 4.31. The number of nitrogens with zero attached hydrogens (tertiary/aromatic N) is 2. The molecule has 0 radical (unpaired) electrons. The molecule has 0 amide bonds. The van der Waals surface area contributed by atoms with Crippen LogP contribution in [0.2, 0.25) is 0 Å². The van der Waals surface area contributed by atoms with E-state index in [1.807, 2.05) is 12.1 Å². The third kappa shape index (κ3) is 0.882. The topological polar surface area (TPSA) is 38.3 Å². The quantitative estimate of drug-likeness (QED) is 0.606. The van der Waals surface area contributed by atoms with Gasteiger partial charge in [0.15, 0.2) is 0 Å². The smallest absolute Gasteiger partial charge is 0.116 e. The highest BCUT2D eigenvalue weighted by Gasteiger charge is 2.48. The Bertz CT molecular complexity index is 503. The molecule has 1 aliphatic carbocycles. The van der Waals surface area contributed by atoms with Gasteiger partial charge >= 0.3 is 0 Å². The van der Waals surface area contributed by atoms with Gasteiger partial charge in [0.1, 0.15) is 12.2 Å². The van der Waals surface area contributed by atoms with Crippen LogP contribution in [0.5, 0.6) is 0 Å². The van der Waals surface area contributed by atoms with E-state index in [0.29, 0.717) is 0 Å². The highest BCUT2D eigenvalue weighted by molar-refractivity contribution is 5.68. The van der Waals surface area contributed by atoms with Gasteiger partial charge in [-0.25, -0.2) is 0 Å². The first-order chi connectivity index (χ1) is 7.45. The largest absolute Gasteiger partial charge is 0.359 e. The van der Waals surface area contributed by atoms with Crippen LogP contribution in [0.1, 0.15) is 23.3 Å². The molecule has 0 aromatic carbocycles. The fourth-order valence-electron chi connectivity index (χ4n) is 2.28. The molecule has 4 rings (SSSR count). The second-order valence-electron chi connectivity index (χ2n) is 3.86. The highest BCUT2D eigenvalue weighted by atomic mass is 16.6. The van der Waals surface area contributed by atoms with E-state index >= 15 is 0 Å². The number of hydrogen-bond donors (Lipinski definition) is 0. The summed E-state index contributed by atoms with van der Waals surface area (Å²) in [6.07, 6.45) is 4.04. The summed E-state index contributed by atoms with van der Waals surface area (Å²) >= 11 is 0. The van der Waals surface area contributed by atoms with Gasteiger partial charge in [0, 0.05) is 23.5 Å². The van der Waals surface area contributed by atoms with E-state index in [-0.39, 0.29) is 12.2 Å². The fourth-order valence-corrected chi connectivity index (χ4v) is 2.28. The summed E-state index contributed by atoms with van der Waals surface area (Å²) in [5.74, 6) is 0. The molecule has 2 atom stereocenters. The minimum Gasteiger partial charge on any atom is -0.359 e. The van der Waals surface area contributed by atoms with Crippen molar-refractivity contribution in [2.75, 3.05) is 0 Å². The van der Waals surface area contributed by atoms with Gasteiger partial charge in [0.05, 0.1) is 11.4 Å². The highest BCUT2D eigenvalue weighted by Crippen LogP contribution is 2.57. The Morgan fingerprint density at radius 1 is 0.867 bits per heavy atom. The zero-order valence-corrected chi connectivity index (χ0v) is 7.92. The average Bonchev–Trinajstić information content (AvgIpc) is 3.10. The third-order valence-corrected chi connectivity index (χ3v) is 3.01. The molecule has 3 heteroatoms. The monoisotopic (exact) mass is 196 g/mol. The van der Waals surface area contributed by atoms with Crippen LogP contribution < -0.4 is 0 Å². The maximum Gasteiger partial charge on any atom is 0.116 e. The molecule has 1 fully saturated rings. The number of rotatable bonds is 0. The van der Waals surface area contributed by atoms with Crippen molar-refractivity contribution in [2.24, 2.45) is 0 Å². The summed E-state index contributed by atoms with van der Waals surface area (Å²) in [6, 6.07) is 8.05. The molecule has 0 spiro atoms. The molecule has 0 N–H and O–H groups in total. The Labute approximate surface area is 86.8 Å². The van der Waals surface area contributed by atoms with Gasteiger partial charge in [-0.05, 0) is 12.1 Å². The molecule has 0 bridgehead atoms. The maximum atomic E-state index is 5.65. The van der Waals surface area contributed by atoms with E-state index in [1.165, 1.54) is 11.1 Å². The first-order valence-corrected chi connectivity index (χ1v) is 5.01. The van der Waals surface area contributed by atoms with E-state index in [4.69, 9.17) is 4.74 Å². The Hall–Kier alpha value is -1.74. The summed E-state index contributed by atoms with van der Waals surface area (Å²) < 4.78 is 5.65. The molecule has 1 aliphatic heterocycles. The fraction of sp³-hybridized carbons (Fsp3) is 0.167. The zero-order valence-electron chi connectivity index (χ0n) is 7.92. The van der Waals surface area contributed by atoms with E-state index in [1.54, 1.807) is 12.4 Å². The van der Waals surface area contributed by atoms with Crippen molar-refractivity contribution in [1.29, 1.82) is 0 Å². The van der Waals surface area contributed by atoms with Gasteiger partial charge in [-0.1, -0.05) is 12.1 Å². The average molecular weight is 196 g/mol. The van der Waals surface area contributed by atoms with Crippen molar-refractivity contribution in [3.8, 4) is 11.4 Å². The zero-order chi connectivity index (χ0) is 9.83. The predicted octanol–water partition coefficient (Wildman–Crippen LogP) is 2.27. The van der Waals surface area contributed by atoms with Crippen molar-refractivity contribution >= 4 is 0 Å². The van der Waals surface area contributed by atoms with Crippen LogP contribution in [-0.4, -0.2) is 9.97 Å². The Balaban J connectivity index is 2.09. The summed E-state index contributed by atoms with van der Waals surface area (Å²) in [4.78, 5) is 8.79. The number of hydrogen-bond acceptors (Lipinski definition) is 3. The molecule has 2 aromatic rings. The Morgan fingerprint density at radius 2 is 1.40 bits per heavy atom. The van der Waals surface area contributed by atoms with Crippen molar-refractivity contribution in [2.45, 2.75) is 12.2 Å². The lowest BCUT2D eigenvalue weighted by molar-refractivity contribution is 0.380. The second kappa shape index (κ2) is 2.44. The van der Waals surface area contributed by atoms with Gasteiger partial charge in [-0.2, -0.15) is 0 Å². The molecule has 3 nitrogen and oxygen atoms in total. The number of fused-ring (bicyclic) bond motifs is 6. The Kier molecular flexibility index (Phi) is 1.22. The second-order valence-corrected chi connectivity index (χ2v) is 3.86. The van der Waals surface area contributed by atoms with Crippen LogP contribution in [0.15, 0.2) is 36.7 Å². The van der Waals surface area contributed by atoms with Crippen LogP contribution in [-0.2, 0) is 4.74 Å². The third-order valence-electron chi connectivity index (χ3n) is 3.01. The first kappa shape index (κ1) is 7.54. The first-order valence-electron chi connectivity index (χ1n) is 5.01. The van der Waals surface area contributed by atoms with Crippen LogP contribution in [0.4, 0.5) is 0 Å². The van der Waals surface area contributed by atoms with Crippen molar-refractivity contribution in [3.63, 3.8) is 0 Å². The minimum atomic E-state index is 0.213. The van der Waals surface area contributed by atoms with Gasteiger partial charge in [-0.15, -0.1) is 0 Å². The molecule has 0 saturated carbocycles. The maximum absolute atomic E-state index is 5.65. The lowest BCUT2D eigenvalue weighted by atomic mass is 9.93. The normalized spacial score (nSPS) is 25.1. The van der Waals surface area contributed by atoms with Crippen LogP contribution in [0, 0.1) is 0 Å². The molecule has 2 aliphatic rings. The van der Waals surface area contributed by atoms with Crippen LogP contribution in [0.25, 0.3) is 11.4 Å². The van der Waals surface area contributed by atoms with E-state index in [0.717, 1.165) is 11.4 Å². The van der Waals surface area contributed by atoms with Gasteiger partial charge in [0.25, 0.3) is 0 Å². The molecule has 1 saturated heterocycles. The summed E-state index contributed by atoms with van der Waals surface area (Å²) in [7, 11) is 0. The molecular weight excluding hydrogens is 188 g/mol. The Morgan fingerprint density at radius 3 is 1.93 bits per heavy atom. The van der Waals surface area contributed by atoms with Crippen molar-refractivity contribution in [1.82, 2.24) is 9.97 Å². The van der Waals surface area contributed by atoms with E-state index in [9.17, 15) is 0 Å². The molecule has 3 heterocycles. The molecule has 72 valence electrons. The number of pyridine rings is 2. The molecule has 15 heavy (non-hydrogen) atoms. The minimum absolute atomic E-state index is 0.213. The number of epoxide rings is 1. The standard InChI is InChI=1S/C12H8N2O/c1-3-7-9(13-5-1)10-8(4-2-6-14-10)12-11(7)15-12/h1-6,11-12H/t11-,12-/m1/s1. The van der Waals surface area contributed by atoms with E-state index in [2.05, 4.69) is 22.1 Å². The molecule has 0 unspecified atom stereocenters. The number of aromatic nitrogens is 2. The lowest BCUT2D eigenvalue weighted by Gasteiger charge is -2.13.